The van der Waals surface area contributed by atoms with Crippen molar-refractivity contribution < 1.29 is 19.1 Å². The average Bonchev–Trinajstić information content (AvgIpc) is 2.70. The number of aromatic carboxylic acids is 1. The van der Waals surface area contributed by atoms with Gasteiger partial charge in [-0.25, -0.2) is 9.18 Å². The minimum absolute atomic E-state index is 0.111. The van der Waals surface area contributed by atoms with Crippen molar-refractivity contribution in [1.29, 1.82) is 0 Å². The summed E-state index contributed by atoms with van der Waals surface area (Å²) in [6, 6.07) is 3.55. The van der Waals surface area contributed by atoms with Crippen LogP contribution in [-0.2, 0) is 4.79 Å². The lowest BCUT2D eigenvalue weighted by Crippen LogP contribution is -2.25. The largest absolute Gasteiger partial charge is 0.478 e. The Morgan fingerprint density at radius 1 is 1.56 bits per heavy atom. The molecule has 1 saturated heterocycles. The summed E-state index contributed by atoms with van der Waals surface area (Å²) in [5.41, 5.74) is 0.00271. The molecule has 1 heterocycles. The molecule has 1 fully saturated rings. The Hall–Kier alpha value is -1.56. The standard InChI is InChI=1S/C12H12FNO3S/c13-9-4-8(12(16)17)1-2-10(9)14-5-7(6-18)3-11(14)15/h1-2,4,7,18H,3,5-6H2,(H,16,17). The molecule has 1 aromatic carbocycles. The molecule has 4 nitrogen and oxygen atoms in total. The average molecular weight is 269 g/mol. The van der Waals surface area contributed by atoms with Crippen molar-refractivity contribution in [3.05, 3.63) is 29.6 Å². The van der Waals surface area contributed by atoms with E-state index in [1.807, 2.05) is 0 Å². The number of amides is 1. The summed E-state index contributed by atoms with van der Waals surface area (Å²) >= 11 is 4.13. The summed E-state index contributed by atoms with van der Waals surface area (Å²) in [4.78, 5) is 23.8. The number of carboxylic acids is 1. The number of anilines is 1. The highest BCUT2D eigenvalue weighted by atomic mass is 32.1. The van der Waals surface area contributed by atoms with Crippen molar-refractivity contribution in [3.63, 3.8) is 0 Å². The number of hydrogen-bond acceptors (Lipinski definition) is 3. The summed E-state index contributed by atoms with van der Waals surface area (Å²) in [7, 11) is 0. The molecule has 1 N–H and O–H groups in total. The Morgan fingerprint density at radius 3 is 2.78 bits per heavy atom. The molecule has 1 aromatic rings. The van der Waals surface area contributed by atoms with E-state index in [9.17, 15) is 14.0 Å². The lowest BCUT2D eigenvalue weighted by molar-refractivity contribution is -0.117. The van der Waals surface area contributed by atoms with Gasteiger partial charge in [0.1, 0.15) is 5.82 Å². The first kappa shape index (κ1) is 12.9. The van der Waals surface area contributed by atoms with Crippen molar-refractivity contribution in [3.8, 4) is 0 Å². The van der Waals surface area contributed by atoms with Crippen LogP contribution in [0.4, 0.5) is 10.1 Å². The molecule has 1 atom stereocenters. The molecule has 0 aliphatic carbocycles. The molecule has 1 aliphatic rings. The van der Waals surface area contributed by atoms with Crippen molar-refractivity contribution in [2.75, 3.05) is 17.2 Å². The second-order valence-corrected chi connectivity index (χ2v) is 4.59. The number of thiol groups is 1. The third-order valence-corrected chi connectivity index (χ3v) is 3.47. The second kappa shape index (κ2) is 4.97. The molecule has 1 aliphatic heterocycles. The Bertz CT molecular complexity index is 506. The van der Waals surface area contributed by atoms with Gasteiger partial charge in [-0.1, -0.05) is 0 Å². The van der Waals surface area contributed by atoms with E-state index in [-0.39, 0.29) is 23.1 Å². The first-order valence-corrected chi connectivity index (χ1v) is 6.10. The van der Waals surface area contributed by atoms with Gasteiger partial charge in [0, 0.05) is 13.0 Å². The second-order valence-electron chi connectivity index (χ2n) is 4.23. The van der Waals surface area contributed by atoms with Crippen LogP contribution in [0, 0.1) is 11.7 Å². The SMILES string of the molecule is O=C(O)c1ccc(N2CC(CS)CC2=O)c(F)c1. The maximum atomic E-state index is 13.8. The van der Waals surface area contributed by atoms with Crippen LogP contribution in [-0.4, -0.2) is 29.3 Å². The summed E-state index contributed by atoms with van der Waals surface area (Å²) in [6.45, 7) is 0.422. The van der Waals surface area contributed by atoms with Gasteiger partial charge in [-0.05, 0) is 29.9 Å². The smallest absolute Gasteiger partial charge is 0.335 e. The van der Waals surface area contributed by atoms with Gasteiger partial charge in [-0.15, -0.1) is 0 Å². The van der Waals surface area contributed by atoms with Crippen LogP contribution in [0.2, 0.25) is 0 Å². The molecule has 2 rings (SSSR count). The van der Waals surface area contributed by atoms with E-state index < -0.39 is 11.8 Å². The zero-order valence-corrected chi connectivity index (χ0v) is 10.4. The first-order valence-electron chi connectivity index (χ1n) is 5.47. The molecule has 0 spiro atoms. The number of carbonyl (C=O) groups is 2. The van der Waals surface area contributed by atoms with E-state index in [4.69, 9.17) is 5.11 Å². The molecular formula is C12H12FNO3S. The van der Waals surface area contributed by atoms with Gasteiger partial charge in [-0.3, -0.25) is 4.79 Å². The predicted octanol–water partition coefficient (Wildman–Crippen LogP) is 1.81. The Labute approximate surface area is 109 Å². The summed E-state index contributed by atoms with van der Waals surface area (Å²) in [6.07, 6.45) is 0.351. The molecule has 0 aromatic heterocycles. The Kier molecular flexibility index (Phi) is 3.56. The molecule has 6 heteroatoms. The number of rotatable bonds is 3. The third-order valence-electron chi connectivity index (χ3n) is 2.95. The van der Waals surface area contributed by atoms with Crippen LogP contribution in [0.5, 0.6) is 0 Å². The lowest BCUT2D eigenvalue weighted by Gasteiger charge is -2.17. The summed E-state index contributed by atoms with van der Waals surface area (Å²) in [5, 5.41) is 8.74. The molecule has 1 amide bonds. The van der Waals surface area contributed by atoms with E-state index >= 15 is 0 Å². The van der Waals surface area contributed by atoms with Gasteiger partial charge in [0.05, 0.1) is 11.3 Å². The number of benzene rings is 1. The fraction of sp³-hybridized carbons (Fsp3) is 0.333. The molecule has 96 valence electrons. The van der Waals surface area contributed by atoms with Crippen LogP contribution in [0.1, 0.15) is 16.8 Å². The summed E-state index contributed by atoms with van der Waals surface area (Å²) in [5.74, 6) is -1.36. The monoisotopic (exact) mass is 269 g/mol. The van der Waals surface area contributed by atoms with Gasteiger partial charge in [0.25, 0.3) is 0 Å². The van der Waals surface area contributed by atoms with E-state index in [1.165, 1.54) is 17.0 Å². The minimum Gasteiger partial charge on any atom is -0.478 e. The van der Waals surface area contributed by atoms with Crippen molar-refractivity contribution in [2.24, 2.45) is 5.92 Å². The normalized spacial score (nSPS) is 19.3. The molecular weight excluding hydrogens is 257 g/mol. The molecule has 18 heavy (non-hydrogen) atoms. The maximum absolute atomic E-state index is 13.8. The quantitative estimate of drug-likeness (QED) is 0.823. The van der Waals surface area contributed by atoms with Crippen molar-refractivity contribution in [2.45, 2.75) is 6.42 Å². The lowest BCUT2D eigenvalue weighted by atomic mass is 10.1. The van der Waals surface area contributed by atoms with E-state index in [0.717, 1.165) is 6.07 Å². The third kappa shape index (κ3) is 2.33. The first-order chi connectivity index (χ1) is 8.52. The molecule has 0 radical (unpaired) electrons. The molecule has 1 unspecified atom stereocenters. The fourth-order valence-electron chi connectivity index (χ4n) is 2.00. The van der Waals surface area contributed by atoms with Crippen LogP contribution in [0.15, 0.2) is 18.2 Å². The van der Waals surface area contributed by atoms with Gasteiger partial charge in [-0.2, -0.15) is 12.6 Å². The topological polar surface area (TPSA) is 57.6 Å². The van der Waals surface area contributed by atoms with Crippen molar-refractivity contribution >= 4 is 30.2 Å². The zero-order chi connectivity index (χ0) is 13.3. The summed E-state index contributed by atoms with van der Waals surface area (Å²) < 4.78 is 13.8. The predicted molar refractivity (Wildman–Crippen MR) is 67.7 cm³/mol. The zero-order valence-electron chi connectivity index (χ0n) is 9.47. The van der Waals surface area contributed by atoms with E-state index in [2.05, 4.69) is 12.6 Å². The Morgan fingerprint density at radius 2 is 2.28 bits per heavy atom. The van der Waals surface area contributed by atoms with Crippen LogP contribution < -0.4 is 4.90 Å². The van der Waals surface area contributed by atoms with Crippen molar-refractivity contribution in [1.82, 2.24) is 0 Å². The number of hydrogen-bond donors (Lipinski definition) is 2. The fourth-order valence-corrected chi connectivity index (χ4v) is 2.24. The van der Waals surface area contributed by atoms with Gasteiger partial charge < -0.3 is 10.0 Å². The Balaban J connectivity index is 2.29. The van der Waals surface area contributed by atoms with E-state index in [0.29, 0.717) is 18.7 Å². The number of nitrogens with zero attached hydrogens (tertiary/aromatic N) is 1. The molecule has 0 bridgehead atoms. The molecule has 0 saturated carbocycles. The highest BCUT2D eigenvalue weighted by molar-refractivity contribution is 7.80. The number of carbonyl (C=O) groups excluding carboxylic acids is 1. The van der Waals surface area contributed by atoms with Crippen LogP contribution in [0.3, 0.4) is 0 Å². The van der Waals surface area contributed by atoms with E-state index in [1.54, 1.807) is 0 Å². The van der Waals surface area contributed by atoms with Gasteiger partial charge in [0.15, 0.2) is 0 Å². The highest BCUT2D eigenvalue weighted by Crippen LogP contribution is 2.28. The van der Waals surface area contributed by atoms with Crippen LogP contribution in [0.25, 0.3) is 0 Å². The number of carboxylic acid groups (broad SMARTS) is 1. The maximum Gasteiger partial charge on any atom is 0.335 e. The minimum atomic E-state index is -1.19. The van der Waals surface area contributed by atoms with Crippen LogP contribution >= 0.6 is 12.6 Å². The highest BCUT2D eigenvalue weighted by Gasteiger charge is 2.31. The number of halogens is 1. The van der Waals surface area contributed by atoms with Gasteiger partial charge in [0.2, 0.25) is 5.91 Å². The van der Waals surface area contributed by atoms with Gasteiger partial charge >= 0.3 is 5.97 Å².